The Morgan fingerprint density at radius 3 is 2.07 bits per heavy atom. The van der Waals surface area contributed by atoms with Crippen molar-refractivity contribution in [3.8, 4) is 0 Å². The van der Waals surface area contributed by atoms with Crippen LogP contribution in [0.2, 0.25) is 0 Å². The molecule has 0 saturated heterocycles. The summed E-state index contributed by atoms with van der Waals surface area (Å²) in [7, 11) is 0. The molecule has 0 saturated carbocycles. The summed E-state index contributed by atoms with van der Waals surface area (Å²) in [6.45, 7) is 4.51. The zero-order valence-corrected chi connectivity index (χ0v) is 8.34. The number of hydroxylamine groups is 1. The number of hydrogen-bond acceptors (Lipinski definition) is 4. The first-order valence-electron chi connectivity index (χ1n) is 3.83. The van der Waals surface area contributed by atoms with Crippen molar-refractivity contribution >= 4 is 12.1 Å². The second-order valence-corrected chi connectivity index (χ2v) is 3.53. The fraction of sp³-hybridized carbons (Fsp3) is 0.714. The molecule has 88 valence electrons. The molecule has 1 amide bonds. The summed E-state index contributed by atoms with van der Waals surface area (Å²) in [5.74, 6) is -2.52. The number of carboxylic acid groups (broad SMARTS) is 1. The molecule has 0 unspecified atom stereocenters. The standard InChI is InChI=1S/C7H11F2NO5/c1-6(2,3)14-5(13)10-15-7(8,9)4(11)12/h1-3H3,(H,10,13)(H,11,12). The molecule has 0 aliphatic heterocycles. The van der Waals surface area contributed by atoms with Gasteiger partial charge in [0.25, 0.3) is 0 Å². The van der Waals surface area contributed by atoms with E-state index in [4.69, 9.17) is 5.11 Å². The van der Waals surface area contributed by atoms with Crippen LogP contribution >= 0.6 is 0 Å². The number of aliphatic carboxylic acids is 1. The summed E-state index contributed by atoms with van der Waals surface area (Å²) < 4.78 is 29.0. The van der Waals surface area contributed by atoms with E-state index in [1.165, 1.54) is 26.3 Å². The minimum Gasteiger partial charge on any atom is -0.475 e. The van der Waals surface area contributed by atoms with Gasteiger partial charge in [0.05, 0.1) is 0 Å². The van der Waals surface area contributed by atoms with Gasteiger partial charge in [-0.1, -0.05) is 0 Å². The second kappa shape index (κ2) is 4.39. The van der Waals surface area contributed by atoms with E-state index < -0.39 is 23.8 Å². The van der Waals surface area contributed by atoms with Crippen LogP contribution in [-0.4, -0.2) is 28.9 Å². The van der Waals surface area contributed by atoms with Gasteiger partial charge in [0.1, 0.15) is 5.60 Å². The lowest BCUT2D eigenvalue weighted by atomic mass is 10.2. The fourth-order valence-electron chi connectivity index (χ4n) is 0.448. The largest absolute Gasteiger partial charge is 0.476 e. The third kappa shape index (κ3) is 5.78. The Morgan fingerprint density at radius 2 is 1.73 bits per heavy atom. The van der Waals surface area contributed by atoms with Crippen LogP contribution in [0.15, 0.2) is 0 Å². The van der Waals surface area contributed by atoms with Crippen molar-refractivity contribution in [2.45, 2.75) is 32.5 Å². The van der Waals surface area contributed by atoms with Crippen molar-refractivity contribution < 1.29 is 33.1 Å². The molecular weight excluding hydrogens is 216 g/mol. The first kappa shape index (κ1) is 13.6. The first-order chi connectivity index (χ1) is 6.54. The fourth-order valence-corrected chi connectivity index (χ4v) is 0.448. The van der Waals surface area contributed by atoms with E-state index in [0.29, 0.717) is 0 Å². The van der Waals surface area contributed by atoms with Gasteiger partial charge >= 0.3 is 18.2 Å². The molecule has 0 rings (SSSR count). The maximum absolute atomic E-state index is 12.2. The van der Waals surface area contributed by atoms with Gasteiger partial charge in [0, 0.05) is 0 Å². The third-order valence-corrected chi connectivity index (χ3v) is 0.910. The quantitative estimate of drug-likeness (QED) is 0.705. The summed E-state index contributed by atoms with van der Waals surface area (Å²) in [6.07, 6.45) is -5.79. The minimum absolute atomic E-state index is 0.897. The number of carbonyl (C=O) groups excluding carboxylic acids is 1. The molecule has 0 fully saturated rings. The molecule has 0 aromatic rings. The summed E-state index contributed by atoms with van der Waals surface area (Å²) in [4.78, 5) is 23.9. The summed E-state index contributed by atoms with van der Waals surface area (Å²) in [6, 6.07) is 0. The smallest absolute Gasteiger partial charge is 0.475 e. The number of amides is 1. The number of alkyl halides is 2. The highest BCUT2D eigenvalue weighted by molar-refractivity contribution is 5.74. The van der Waals surface area contributed by atoms with E-state index in [1.807, 2.05) is 0 Å². The maximum atomic E-state index is 12.2. The molecule has 0 spiro atoms. The van der Waals surface area contributed by atoms with Gasteiger partial charge in [-0.15, -0.1) is 0 Å². The van der Waals surface area contributed by atoms with Crippen LogP contribution < -0.4 is 5.48 Å². The normalized spacial score (nSPS) is 12.1. The van der Waals surface area contributed by atoms with Crippen LogP contribution in [0.25, 0.3) is 0 Å². The number of nitrogens with one attached hydrogen (secondary N) is 1. The number of carboxylic acids is 1. The van der Waals surface area contributed by atoms with E-state index in [2.05, 4.69) is 9.57 Å². The third-order valence-electron chi connectivity index (χ3n) is 0.910. The van der Waals surface area contributed by atoms with Gasteiger partial charge in [-0.25, -0.2) is 9.59 Å². The average Bonchev–Trinajstić information content (AvgIpc) is 1.97. The van der Waals surface area contributed by atoms with Crippen molar-refractivity contribution in [3.63, 3.8) is 0 Å². The van der Waals surface area contributed by atoms with Gasteiger partial charge in [0.2, 0.25) is 0 Å². The summed E-state index contributed by atoms with van der Waals surface area (Å²) in [5, 5.41) is 7.92. The summed E-state index contributed by atoms with van der Waals surface area (Å²) in [5.41, 5.74) is 0.272. The first-order valence-corrected chi connectivity index (χ1v) is 3.83. The van der Waals surface area contributed by atoms with Crippen molar-refractivity contribution in [3.05, 3.63) is 0 Å². The Labute approximate surface area is 84.1 Å². The second-order valence-electron chi connectivity index (χ2n) is 3.53. The molecule has 0 atom stereocenters. The Balaban J connectivity index is 4.07. The zero-order valence-electron chi connectivity index (χ0n) is 8.34. The predicted octanol–water partition coefficient (Wildman–Crippen LogP) is 1.12. The molecule has 6 nitrogen and oxygen atoms in total. The van der Waals surface area contributed by atoms with Gasteiger partial charge in [0.15, 0.2) is 0 Å². The lowest BCUT2D eigenvalue weighted by molar-refractivity contribution is -0.264. The van der Waals surface area contributed by atoms with Crippen molar-refractivity contribution in [1.82, 2.24) is 5.48 Å². The molecule has 0 heterocycles. The molecule has 0 aliphatic carbocycles. The predicted molar refractivity (Wildman–Crippen MR) is 43.0 cm³/mol. The number of rotatable bonds is 3. The number of ether oxygens (including phenoxy) is 1. The van der Waals surface area contributed by atoms with Crippen LogP contribution in [0.5, 0.6) is 0 Å². The number of carbonyl (C=O) groups is 2. The van der Waals surface area contributed by atoms with E-state index in [9.17, 15) is 18.4 Å². The Kier molecular flexibility index (Phi) is 3.97. The maximum Gasteiger partial charge on any atom is 0.476 e. The highest BCUT2D eigenvalue weighted by atomic mass is 19.3. The summed E-state index contributed by atoms with van der Waals surface area (Å²) >= 11 is 0. The van der Waals surface area contributed by atoms with Crippen LogP contribution in [0.3, 0.4) is 0 Å². The molecule has 0 aromatic carbocycles. The Hall–Kier alpha value is -1.44. The van der Waals surface area contributed by atoms with Crippen molar-refractivity contribution in [2.24, 2.45) is 0 Å². The zero-order chi connectivity index (χ0) is 12.3. The molecular formula is C7H11F2NO5. The molecule has 8 heteroatoms. The lowest BCUT2D eigenvalue weighted by Gasteiger charge is -2.20. The molecule has 0 radical (unpaired) electrons. The average molecular weight is 227 g/mol. The van der Waals surface area contributed by atoms with Gasteiger partial charge in [-0.05, 0) is 20.8 Å². The van der Waals surface area contributed by atoms with Gasteiger partial charge in [-0.2, -0.15) is 19.1 Å². The Bertz CT molecular complexity index is 261. The van der Waals surface area contributed by atoms with Gasteiger partial charge < -0.3 is 9.84 Å². The monoisotopic (exact) mass is 227 g/mol. The molecule has 15 heavy (non-hydrogen) atoms. The van der Waals surface area contributed by atoms with E-state index in [1.54, 1.807) is 0 Å². The lowest BCUT2D eigenvalue weighted by Crippen LogP contribution is -2.41. The van der Waals surface area contributed by atoms with Crippen LogP contribution in [0, 0.1) is 0 Å². The van der Waals surface area contributed by atoms with Gasteiger partial charge in [-0.3, -0.25) is 0 Å². The van der Waals surface area contributed by atoms with Crippen molar-refractivity contribution in [1.29, 1.82) is 0 Å². The molecule has 0 aromatic heterocycles. The molecule has 2 N–H and O–H groups in total. The van der Waals surface area contributed by atoms with Crippen LogP contribution in [-0.2, 0) is 14.4 Å². The van der Waals surface area contributed by atoms with E-state index in [-0.39, 0.29) is 0 Å². The highest BCUT2D eigenvalue weighted by Gasteiger charge is 2.42. The molecule has 0 aliphatic rings. The Morgan fingerprint density at radius 1 is 1.27 bits per heavy atom. The van der Waals surface area contributed by atoms with Crippen LogP contribution in [0.1, 0.15) is 20.8 Å². The van der Waals surface area contributed by atoms with Crippen molar-refractivity contribution in [2.75, 3.05) is 0 Å². The number of halogens is 2. The van der Waals surface area contributed by atoms with Crippen LogP contribution in [0.4, 0.5) is 13.6 Å². The SMILES string of the molecule is CC(C)(C)OC(=O)NOC(F)(F)C(=O)O. The minimum atomic E-state index is -4.49. The van der Waals surface area contributed by atoms with E-state index >= 15 is 0 Å². The number of hydrogen-bond donors (Lipinski definition) is 2. The topological polar surface area (TPSA) is 84.9 Å². The molecule has 0 bridgehead atoms. The highest BCUT2D eigenvalue weighted by Crippen LogP contribution is 2.14. The van der Waals surface area contributed by atoms with E-state index in [0.717, 1.165) is 0 Å².